The van der Waals surface area contributed by atoms with E-state index in [9.17, 15) is 14.4 Å². The number of carbonyl (C=O) groups excluding carboxylic acids is 3. The first-order valence-electron chi connectivity index (χ1n) is 8.28. The van der Waals surface area contributed by atoms with Gasteiger partial charge in [-0.15, -0.1) is 0 Å². The molecule has 1 aromatic carbocycles. The molecule has 1 amide bonds. The predicted octanol–water partition coefficient (Wildman–Crippen LogP) is 2.17. The summed E-state index contributed by atoms with van der Waals surface area (Å²) in [6, 6.07) is 6.47. The number of nitrogens with zero attached hydrogens (tertiary/aromatic N) is 1. The van der Waals surface area contributed by atoms with Gasteiger partial charge in [-0.05, 0) is 37.1 Å². The second-order valence-electron chi connectivity index (χ2n) is 6.32. The number of methoxy groups -OCH3 is 1. The fourth-order valence-corrected chi connectivity index (χ4v) is 3.43. The summed E-state index contributed by atoms with van der Waals surface area (Å²) < 4.78 is 9.98. The van der Waals surface area contributed by atoms with Crippen LogP contribution in [0, 0.1) is 5.92 Å². The van der Waals surface area contributed by atoms with Crippen LogP contribution in [-0.4, -0.2) is 42.4 Å². The first kappa shape index (κ1) is 16.5. The number of hydrogen-bond acceptors (Lipinski definition) is 5. The Labute approximate surface area is 140 Å². The summed E-state index contributed by atoms with van der Waals surface area (Å²) in [6.45, 7) is 0.447. The highest BCUT2D eigenvalue weighted by Crippen LogP contribution is 2.30. The SMILES string of the molecule is COC(=O)c1ccc(OC(=O)[C@H]2CC(=O)N(C3CCCC3)C2)cc1. The van der Waals surface area contributed by atoms with Crippen molar-refractivity contribution in [3.05, 3.63) is 29.8 Å². The van der Waals surface area contributed by atoms with E-state index in [0.29, 0.717) is 17.9 Å². The molecule has 1 saturated carbocycles. The van der Waals surface area contributed by atoms with Gasteiger partial charge in [0.2, 0.25) is 5.91 Å². The zero-order valence-electron chi connectivity index (χ0n) is 13.7. The first-order valence-corrected chi connectivity index (χ1v) is 8.28. The van der Waals surface area contributed by atoms with Crippen LogP contribution in [0.5, 0.6) is 5.75 Å². The van der Waals surface area contributed by atoms with Gasteiger partial charge in [-0.1, -0.05) is 12.8 Å². The van der Waals surface area contributed by atoms with Crippen LogP contribution in [0.4, 0.5) is 0 Å². The van der Waals surface area contributed by atoms with Gasteiger partial charge in [0.15, 0.2) is 0 Å². The van der Waals surface area contributed by atoms with Gasteiger partial charge >= 0.3 is 11.9 Å². The van der Waals surface area contributed by atoms with Crippen LogP contribution in [0.3, 0.4) is 0 Å². The number of ether oxygens (including phenoxy) is 2. The fraction of sp³-hybridized carbons (Fsp3) is 0.500. The quantitative estimate of drug-likeness (QED) is 0.624. The summed E-state index contributed by atoms with van der Waals surface area (Å²) in [7, 11) is 1.31. The van der Waals surface area contributed by atoms with Crippen molar-refractivity contribution in [2.24, 2.45) is 5.92 Å². The molecule has 1 heterocycles. The van der Waals surface area contributed by atoms with Gasteiger partial charge in [-0.25, -0.2) is 4.79 Å². The molecule has 2 fully saturated rings. The van der Waals surface area contributed by atoms with Crippen molar-refractivity contribution in [3.63, 3.8) is 0 Å². The molecule has 1 saturated heterocycles. The zero-order chi connectivity index (χ0) is 17.1. The summed E-state index contributed by atoms with van der Waals surface area (Å²) in [4.78, 5) is 37.7. The highest BCUT2D eigenvalue weighted by Gasteiger charge is 2.39. The number of likely N-dealkylation sites (tertiary alicyclic amines) is 1. The Kier molecular flexibility index (Phi) is 4.83. The fourth-order valence-electron chi connectivity index (χ4n) is 3.43. The number of carbonyl (C=O) groups is 3. The van der Waals surface area contributed by atoms with Gasteiger partial charge in [0.05, 0.1) is 18.6 Å². The number of hydrogen-bond donors (Lipinski definition) is 0. The van der Waals surface area contributed by atoms with Gasteiger partial charge in [-0.3, -0.25) is 9.59 Å². The molecule has 128 valence electrons. The topological polar surface area (TPSA) is 72.9 Å². The van der Waals surface area contributed by atoms with Crippen LogP contribution < -0.4 is 4.74 Å². The minimum Gasteiger partial charge on any atom is -0.465 e. The Morgan fingerprint density at radius 1 is 1.12 bits per heavy atom. The molecule has 3 rings (SSSR count). The summed E-state index contributed by atoms with van der Waals surface area (Å²) >= 11 is 0. The summed E-state index contributed by atoms with van der Waals surface area (Å²) in [5.41, 5.74) is 0.390. The van der Waals surface area contributed by atoms with Crippen LogP contribution in [0.15, 0.2) is 24.3 Å². The van der Waals surface area contributed by atoms with Gasteiger partial charge in [0.25, 0.3) is 0 Å². The van der Waals surface area contributed by atoms with E-state index in [1.54, 1.807) is 24.3 Å². The maximum absolute atomic E-state index is 12.3. The molecule has 0 N–H and O–H groups in total. The minimum atomic E-state index is -0.443. The Morgan fingerprint density at radius 2 is 1.79 bits per heavy atom. The monoisotopic (exact) mass is 331 g/mol. The van der Waals surface area contributed by atoms with Crippen LogP contribution in [0.2, 0.25) is 0 Å². The van der Waals surface area contributed by atoms with Crippen LogP contribution in [0.1, 0.15) is 42.5 Å². The lowest BCUT2D eigenvalue weighted by molar-refractivity contribution is -0.139. The molecule has 1 aromatic rings. The van der Waals surface area contributed by atoms with Crippen molar-refractivity contribution in [1.29, 1.82) is 0 Å². The van der Waals surface area contributed by atoms with E-state index in [-0.39, 0.29) is 18.4 Å². The normalized spacial score (nSPS) is 21.1. The minimum absolute atomic E-state index is 0.0462. The molecule has 24 heavy (non-hydrogen) atoms. The number of benzene rings is 1. The van der Waals surface area contributed by atoms with Crippen molar-refractivity contribution in [2.45, 2.75) is 38.1 Å². The third-order valence-corrected chi connectivity index (χ3v) is 4.75. The van der Waals surface area contributed by atoms with Gasteiger partial charge < -0.3 is 14.4 Å². The van der Waals surface area contributed by atoms with Crippen molar-refractivity contribution >= 4 is 17.8 Å². The molecule has 6 heteroatoms. The lowest BCUT2D eigenvalue weighted by atomic mass is 10.1. The molecule has 0 spiro atoms. The predicted molar refractivity (Wildman–Crippen MR) is 85.5 cm³/mol. The molecular weight excluding hydrogens is 310 g/mol. The first-order chi connectivity index (χ1) is 11.6. The molecular formula is C18H21NO5. The Morgan fingerprint density at radius 3 is 2.42 bits per heavy atom. The van der Waals surface area contributed by atoms with E-state index >= 15 is 0 Å². The molecule has 1 atom stereocenters. The third-order valence-electron chi connectivity index (χ3n) is 4.75. The number of amides is 1. The van der Waals surface area contributed by atoms with Crippen molar-refractivity contribution in [2.75, 3.05) is 13.7 Å². The maximum Gasteiger partial charge on any atom is 0.337 e. The molecule has 1 aliphatic heterocycles. The zero-order valence-corrected chi connectivity index (χ0v) is 13.7. The van der Waals surface area contributed by atoms with E-state index in [2.05, 4.69) is 4.74 Å². The molecule has 2 aliphatic rings. The lowest BCUT2D eigenvalue weighted by Gasteiger charge is -2.23. The Balaban J connectivity index is 1.59. The highest BCUT2D eigenvalue weighted by molar-refractivity contribution is 5.90. The van der Waals surface area contributed by atoms with Crippen molar-refractivity contribution in [1.82, 2.24) is 4.90 Å². The number of esters is 2. The van der Waals surface area contributed by atoms with Crippen molar-refractivity contribution < 1.29 is 23.9 Å². The molecule has 0 bridgehead atoms. The van der Waals surface area contributed by atoms with Crippen LogP contribution in [-0.2, 0) is 14.3 Å². The lowest BCUT2D eigenvalue weighted by Crippen LogP contribution is -2.35. The largest absolute Gasteiger partial charge is 0.465 e. The van der Waals surface area contributed by atoms with E-state index in [1.807, 2.05) is 4.90 Å². The van der Waals surface area contributed by atoms with Crippen LogP contribution >= 0.6 is 0 Å². The van der Waals surface area contributed by atoms with Gasteiger partial charge in [0, 0.05) is 19.0 Å². The van der Waals surface area contributed by atoms with E-state index in [4.69, 9.17) is 4.74 Å². The van der Waals surface area contributed by atoms with Crippen LogP contribution in [0.25, 0.3) is 0 Å². The second-order valence-corrected chi connectivity index (χ2v) is 6.32. The van der Waals surface area contributed by atoms with E-state index in [0.717, 1.165) is 25.7 Å². The van der Waals surface area contributed by atoms with E-state index in [1.165, 1.54) is 7.11 Å². The molecule has 1 aliphatic carbocycles. The smallest absolute Gasteiger partial charge is 0.337 e. The van der Waals surface area contributed by atoms with Crippen molar-refractivity contribution in [3.8, 4) is 5.75 Å². The highest BCUT2D eigenvalue weighted by atomic mass is 16.5. The van der Waals surface area contributed by atoms with Gasteiger partial charge in [-0.2, -0.15) is 0 Å². The summed E-state index contributed by atoms with van der Waals surface area (Å²) in [5.74, 6) is -0.848. The average Bonchev–Trinajstić information content (AvgIpc) is 3.24. The standard InChI is InChI=1S/C18H21NO5/c1-23-17(21)12-6-8-15(9-7-12)24-18(22)13-10-16(20)19(11-13)14-4-2-3-5-14/h6-9,13-14H,2-5,10-11H2,1H3/t13-/m0/s1. The third kappa shape index (κ3) is 3.42. The molecule has 0 radical (unpaired) electrons. The second kappa shape index (κ2) is 7.03. The maximum atomic E-state index is 12.3. The Bertz CT molecular complexity index is 633. The van der Waals surface area contributed by atoms with E-state index < -0.39 is 17.9 Å². The summed E-state index contributed by atoms with van der Waals surface area (Å²) in [5, 5.41) is 0. The molecule has 0 aromatic heterocycles. The van der Waals surface area contributed by atoms with Gasteiger partial charge in [0.1, 0.15) is 5.75 Å². The molecule has 0 unspecified atom stereocenters. The molecule has 6 nitrogen and oxygen atoms in total. The number of rotatable bonds is 4. The Hall–Kier alpha value is -2.37. The average molecular weight is 331 g/mol. The summed E-state index contributed by atoms with van der Waals surface area (Å²) in [6.07, 6.45) is 4.58.